The van der Waals surface area contributed by atoms with Gasteiger partial charge < -0.3 is 15.4 Å². The molecule has 0 aromatic rings. The van der Waals surface area contributed by atoms with Crippen LogP contribution in [0.5, 0.6) is 0 Å². The third-order valence-electron chi connectivity index (χ3n) is 3.72. The number of carbonyl (C=O) groups is 1. The van der Waals surface area contributed by atoms with Gasteiger partial charge in [-0.25, -0.2) is 0 Å². The number of likely N-dealkylation sites (tertiary alicyclic amines) is 1. The molecule has 1 rings (SSSR count). The molecular weight excluding hydrogens is 254 g/mol. The molecule has 0 spiro atoms. The monoisotopic (exact) mass is 283 g/mol. The van der Waals surface area contributed by atoms with Crippen LogP contribution < -0.4 is 5.73 Å². The van der Waals surface area contributed by atoms with Gasteiger partial charge in [-0.2, -0.15) is 0 Å². The second-order valence-electron chi connectivity index (χ2n) is 5.38. The van der Waals surface area contributed by atoms with Crippen LogP contribution in [-0.4, -0.2) is 43.6 Å². The lowest BCUT2D eigenvalue weighted by molar-refractivity contribution is -0.140. The van der Waals surface area contributed by atoms with Gasteiger partial charge in [0.05, 0.1) is 7.11 Å². The lowest BCUT2D eigenvalue weighted by Gasteiger charge is -2.21. The SMILES string of the molecule is COC(=O)CCCCCCN=C(N)N1CCCCCC1. The Bertz CT molecular complexity index is 297. The average Bonchev–Trinajstić information content (AvgIpc) is 2.74. The van der Waals surface area contributed by atoms with Gasteiger partial charge >= 0.3 is 5.97 Å². The molecule has 0 bridgehead atoms. The van der Waals surface area contributed by atoms with Gasteiger partial charge in [0.1, 0.15) is 0 Å². The van der Waals surface area contributed by atoms with E-state index in [9.17, 15) is 4.79 Å². The first-order chi connectivity index (χ1) is 9.74. The van der Waals surface area contributed by atoms with Crippen molar-refractivity contribution >= 4 is 11.9 Å². The van der Waals surface area contributed by atoms with Crippen LogP contribution in [0.15, 0.2) is 4.99 Å². The van der Waals surface area contributed by atoms with Crippen LogP contribution in [0, 0.1) is 0 Å². The molecule has 0 aromatic carbocycles. The number of nitrogens with two attached hydrogens (primary N) is 1. The zero-order chi connectivity index (χ0) is 14.6. The molecule has 0 radical (unpaired) electrons. The summed E-state index contributed by atoms with van der Waals surface area (Å²) in [5.41, 5.74) is 6.03. The van der Waals surface area contributed by atoms with E-state index in [2.05, 4.69) is 14.6 Å². The fourth-order valence-electron chi connectivity index (χ4n) is 2.43. The van der Waals surface area contributed by atoms with Crippen LogP contribution in [0.4, 0.5) is 0 Å². The van der Waals surface area contributed by atoms with Gasteiger partial charge in [-0.05, 0) is 25.7 Å². The maximum absolute atomic E-state index is 10.9. The molecule has 0 atom stereocenters. The molecular formula is C15H29N3O2. The van der Waals surface area contributed by atoms with Gasteiger partial charge in [-0.1, -0.05) is 25.7 Å². The maximum Gasteiger partial charge on any atom is 0.305 e. The summed E-state index contributed by atoms with van der Waals surface area (Å²) in [7, 11) is 1.43. The summed E-state index contributed by atoms with van der Waals surface area (Å²) in [4.78, 5) is 17.6. The molecule has 1 aliphatic heterocycles. The highest BCUT2D eigenvalue weighted by Gasteiger charge is 2.10. The van der Waals surface area contributed by atoms with Crippen molar-refractivity contribution in [3.8, 4) is 0 Å². The molecule has 1 heterocycles. The molecule has 5 nitrogen and oxygen atoms in total. The minimum atomic E-state index is -0.117. The van der Waals surface area contributed by atoms with Gasteiger partial charge in [0.15, 0.2) is 5.96 Å². The van der Waals surface area contributed by atoms with Gasteiger partial charge in [0.2, 0.25) is 0 Å². The lowest BCUT2D eigenvalue weighted by Crippen LogP contribution is -2.38. The van der Waals surface area contributed by atoms with Crippen LogP contribution in [0.25, 0.3) is 0 Å². The number of aliphatic imine (C=N–C) groups is 1. The number of ether oxygens (including phenoxy) is 1. The maximum atomic E-state index is 10.9. The van der Waals surface area contributed by atoms with E-state index >= 15 is 0 Å². The molecule has 2 N–H and O–H groups in total. The molecule has 0 aliphatic carbocycles. The number of hydrogen-bond donors (Lipinski definition) is 1. The molecule has 0 aromatic heterocycles. The largest absolute Gasteiger partial charge is 0.469 e. The normalized spacial score (nSPS) is 16.9. The van der Waals surface area contributed by atoms with Crippen LogP contribution in [0.1, 0.15) is 57.8 Å². The number of unbranched alkanes of at least 4 members (excludes halogenated alkanes) is 3. The molecule has 20 heavy (non-hydrogen) atoms. The third-order valence-corrected chi connectivity index (χ3v) is 3.72. The van der Waals surface area contributed by atoms with Gasteiger partial charge in [0, 0.05) is 26.1 Å². The molecule has 5 heteroatoms. The average molecular weight is 283 g/mol. The molecule has 116 valence electrons. The number of hydrogen-bond acceptors (Lipinski definition) is 3. The zero-order valence-corrected chi connectivity index (χ0v) is 12.8. The summed E-state index contributed by atoms with van der Waals surface area (Å²) >= 11 is 0. The van der Waals surface area contributed by atoms with Crippen LogP contribution >= 0.6 is 0 Å². The van der Waals surface area contributed by atoms with Gasteiger partial charge in [-0.3, -0.25) is 9.79 Å². The topological polar surface area (TPSA) is 67.9 Å². The Kier molecular flexibility index (Phi) is 8.83. The number of guanidine groups is 1. The van der Waals surface area contributed by atoms with E-state index in [1.54, 1.807) is 0 Å². The summed E-state index contributed by atoms with van der Waals surface area (Å²) in [6.45, 7) is 2.89. The Morgan fingerprint density at radius 2 is 1.75 bits per heavy atom. The Labute approximate surface area is 122 Å². The molecule has 1 fully saturated rings. The van der Waals surface area contributed by atoms with Crippen molar-refractivity contribution in [2.45, 2.75) is 57.8 Å². The molecule has 0 saturated carbocycles. The van der Waals surface area contributed by atoms with Crippen molar-refractivity contribution in [1.29, 1.82) is 0 Å². The fraction of sp³-hybridized carbons (Fsp3) is 0.867. The predicted molar refractivity (Wildman–Crippen MR) is 81.6 cm³/mol. The van der Waals surface area contributed by atoms with Crippen LogP contribution in [0.2, 0.25) is 0 Å². The lowest BCUT2D eigenvalue weighted by atomic mass is 10.1. The predicted octanol–water partition coefficient (Wildman–Crippen LogP) is 2.30. The first-order valence-electron chi connectivity index (χ1n) is 7.85. The minimum absolute atomic E-state index is 0.117. The van der Waals surface area contributed by atoms with E-state index in [0.29, 0.717) is 12.4 Å². The standard InChI is InChI=1S/C15H29N3O2/c1-20-14(19)10-6-2-3-7-11-17-15(16)18-12-8-4-5-9-13-18/h2-13H2,1H3,(H2,16,17). The van der Waals surface area contributed by atoms with E-state index in [0.717, 1.165) is 45.3 Å². The number of nitrogens with zero attached hydrogens (tertiary/aromatic N) is 2. The summed E-state index contributed by atoms with van der Waals surface area (Å²) in [5, 5.41) is 0. The first kappa shape index (κ1) is 16.8. The van der Waals surface area contributed by atoms with E-state index < -0.39 is 0 Å². The summed E-state index contributed by atoms with van der Waals surface area (Å²) in [6.07, 6.45) is 9.67. The first-order valence-corrected chi connectivity index (χ1v) is 7.85. The van der Waals surface area contributed by atoms with Crippen molar-refractivity contribution in [3.63, 3.8) is 0 Å². The van der Waals surface area contributed by atoms with Crippen molar-refractivity contribution in [2.24, 2.45) is 10.7 Å². The highest BCUT2D eigenvalue weighted by molar-refractivity contribution is 5.78. The summed E-state index contributed by atoms with van der Waals surface area (Å²) in [5.74, 6) is 0.592. The molecule has 1 aliphatic rings. The Hall–Kier alpha value is -1.26. The van der Waals surface area contributed by atoms with Crippen molar-refractivity contribution in [1.82, 2.24) is 4.90 Å². The number of rotatable bonds is 7. The van der Waals surface area contributed by atoms with E-state index in [1.165, 1.54) is 32.8 Å². The van der Waals surface area contributed by atoms with E-state index in [1.807, 2.05) is 0 Å². The van der Waals surface area contributed by atoms with E-state index in [-0.39, 0.29) is 5.97 Å². The number of esters is 1. The second-order valence-corrected chi connectivity index (χ2v) is 5.38. The van der Waals surface area contributed by atoms with E-state index in [4.69, 9.17) is 5.73 Å². The number of carbonyl (C=O) groups excluding carboxylic acids is 1. The minimum Gasteiger partial charge on any atom is -0.469 e. The molecule has 1 saturated heterocycles. The Morgan fingerprint density at radius 3 is 2.40 bits per heavy atom. The summed E-state index contributed by atoms with van der Waals surface area (Å²) < 4.78 is 4.60. The second kappa shape index (κ2) is 10.5. The number of methoxy groups -OCH3 is 1. The van der Waals surface area contributed by atoms with Crippen molar-refractivity contribution < 1.29 is 9.53 Å². The highest BCUT2D eigenvalue weighted by atomic mass is 16.5. The van der Waals surface area contributed by atoms with Crippen LogP contribution in [-0.2, 0) is 9.53 Å². The fourth-order valence-corrected chi connectivity index (χ4v) is 2.43. The highest BCUT2D eigenvalue weighted by Crippen LogP contribution is 2.09. The zero-order valence-electron chi connectivity index (χ0n) is 12.8. The van der Waals surface area contributed by atoms with Crippen LogP contribution in [0.3, 0.4) is 0 Å². The third kappa shape index (κ3) is 7.36. The van der Waals surface area contributed by atoms with Crippen molar-refractivity contribution in [2.75, 3.05) is 26.7 Å². The molecule has 0 amide bonds. The van der Waals surface area contributed by atoms with Crippen molar-refractivity contribution in [3.05, 3.63) is 0 Å². The molecule has 0 unspecified atom stereocenters. The quantitative estimate of drug-likeness (QED) is 0.337. The van der Waals surface area contributed by atoms with Gasteiger partial charge in [0.25, 0.3) is 0 Å². The Morgan fingerprint density at radius 1 is 1.10 bits per heavy atom. The Balaban J connectivity index is 2.06. The summed E-state index contributed by atoms with van der Waals surface area (Å²) in [6, 6.07) is 0. The van der Waals surface area contributed by atoms with Gasteiger partial charge in [-0.15, -0.1) is 0 Å². The smallest absolute Gasteiger partial charge is 0.305 e.